The van der Waals surface area contributed by atoms with E-state index in [0.717, 1.165) is 28.4 Å². The summed E-state index contributed by atoms with van der Waals surface area (Å²) in [6, 6.07) is 71.6. The molecule has 2 heteroatoms. The fourth-order valence-electron chi connectivity index (χ4n) is 6.62. The molecule has 234 valence electrons. The van der Waals surface area contributed by atoms with Gasteiger partial charge in [0.2, 0.25) is 0 Å². The summed E-state index contributed by atoms with van der Waals surface area (Å²) in [6.07, 6.45) is 0. The topological polar surface area (TPSA) is 6.48 Å². The van der Waals surface area contributed by atoms with Crippen LogP contribution in [0.25, 0.3) is 44.2 Å². The van der Waals surface area contributed by atoms with Gasteiger partial charge in [-0.15, -0.1) is 0 Å². The molecule has 0 atom stereocenters. The van der Waals surface area contributed by atoms with Crippen molar-refractivity contribution < 1.29 is 0 Å². The molecule has 0 bridgehead atoms. The summed E-state index contributed by atoms with van der Waals surface area (Å²) in [5, 5.41) is 2.44. The monoisotopic (exact) mass is 628 g/mol. The number of anilines is 5. The zero-order valence-electron chi connectivity index (χ0n) is 27.4. The lowest BCUT2D eigenvalue weighted by molar-refractivity contribution is 1.21. The van der Waals surface area contributed by atoms with Gasteiger partial charge in [0.25, 0.3) is 0 Å². The minimum atomic E-state index is 1.11. The van der Waals surface area contributed by atoms with Crippen LogP contribution in [0.3, 0.4) is 0 Å². The smallest absolute Gasteiger partial charge is 0.0540 e. The van der Waals surface area contributed by atoms with Crippen LogP contribution in [0.2, 0.25) is 0 Å². The Morgan fingerprint density at radius 3 is 1.33 bits per heavy atom. The number of hydrogen-bond acceptors (Lipinski definition) is 2. The van der Waals surface area contributed by atoms with Gasteiger partial charge in [0.05, 0.1) is 5.69 Å². The van der Waals surface area contributed by atoms with Crippen molar-refractivity contribution in [2.45, 2.75) is 0 Å². The second kappa shape index (κ2) is 13.4. The average molecular weight is 629 g/mol. The van der Waals surface area contributed by atoms with Crippen LogP contribution in [0.1, 0.15) is 0 Å². The highest BCUT2D eigenvalue weighted by atomic mass is 15.1. The lowest BCUT2D eigenvalue weighted by Gasteiger charge is -2.27. The Balaban J connectivity index is 1.09. The molecular formula is C47H36N2. The van der Waals surface area contributed by atoms with Gasteiger partial charge in [0.15, 0.2) is 0 Å². The zero-order valence-corrected chi connectivity index (χ0v) is 27.4. The van der Waals surface area contributed by atoms with Gasteiger partial charge in [-0.05, 0) is 93.4 Å². The Kier molecular flexibility index (Phi) is 8.19. The molecule has 0 unspecified atom stereocenters. The molecule has 0 aliphatic carbocycles. The molecule has 0 saturated heterocycles. The van der Waals surface area contributed by atoms with Crippen LogP contribution in [0.4, 0.5) is 28.4 Å². The quantitative estimate of drug-likeness (QED) is 0.165. The van der Waals surface area contributed by atoms with Crippen molar-refractivity contribution >= 4 is 39.2 Å². The van der Waals surface area contributed by atoms with E-state index < -0.39 is 0 Å². The van der Waals surface area contributed by atoms with Gasteiger partial charge in [-0.1, -0.05) is 146 Å². The van der Waals surface area contributed by atoms with Crippen LogP contribution in [0.15, 0.2) is 200 Å². The summed E-state index contributed by atoms with van der Waals surface area (Å²) in [4.78, 5) is 4.60. The van der Waals surface area contributed by atoms with Crippen molar-refractivity contribution in [1.82, 2.24) is 0 Å². The Hall–Kier alpha value is -6.38. The molecule has 0 aliphatic heterocycles. The molecule has 0 aromatic heterocycles. The Bertz CT molecular complexity index is 2300. The van der Waals surface area contributed by atoms with Crippen LogP contribution in [-0.2, 0) is 0 Å². The summed E-state index contributed by atoms with van der Waals surface area (Å²) >= 11 is 0. The lowest BCUT2D eigenvalue weighted by Crippen LogP contribution is -2.10. The Morgan fingerprint density at radius 2 is 0.735 bits per heavy atom. The predicted octanol–water partition coefficient (Wildman–Crippen LogP) is 13.1. The van der Waals surface area contributed by atoms with E-state index in [2.05, 4.69) is 217 Å². The molecule has 8 aromatic carbocycles. The minimum absolute atomic E-state index is 1.11. The second-order valence-electron chi connectivity index (χ2n) is 12.3. The highest BCUT2D eigenvalue weighted by Crippen LogP contribution is 2.41. The van der Waals surface area contributed by atoms with Gasteiger partial charge in [0.1, 0.15) is 0 Å². The van der Waals surface area contributed by atoms with E-state index in [4.69, 9.17) is 0 Å². The zero-order chi connectivity index (χ0) is 33.0. The van der Waals surface area contributed by atoms with Crippen molar-refractivity contribution in [3.8, 4) is 33.4 Å². The maximum absolute atomic E-state index is 2.37. The molecule has 0 N–H and O–H groups in total. The van der Waals surface area contributed by atoms with Crippen molar-refractivity contribution in [3.63, 3.8) is 0 Å². The van der Waals surface area contributed by atoms with Gasteiger partial charge in [-0.25, -0.2) is 0 Å². The molecule has 0 spiro atoms. The lowest BCUT2D eigenvalue weighted by atomic mass is 10.0. The van der Waals surface area contributed by atoms with Gasteiger partial charge in [-0.3, -0.25) is 0 Å². The molecule has 0 heterocycles. The molecule has 8 rings (SSSR count). The summed E-state index contributed by atoms with van der Waals surface area (Å²) < 4.78 is 0. The van der Waals surface area contributed by atoms with Crippen molar-refractivity contribution in [2.24, 2.45) is 0 Å². The van der Waals surface area contributed by atoms with Gasteiger partial charge < -0.3 is 9.80 Å². The third-order valence-electron chi connectivity index (χ3n) is 9.29. The molecule has 2 nitrogen and oxygen atoms in total. The summed E-state index contributed by atoms with van der Waals surface area (Å²) in [5.41, 5.74) is 12.9. The predicted molar refractivity (Wildman–Crippen MR) is 209 cm³/mol. The summed E-state index contributed by atoms with van der Waals surface area (Å²) in [7, 11) is 2.12. The van der Waals surface area contributed by atoms with Gasteiger partial charge >= 0.3 is 0 Å². The highest BCUT2D eigenvalue weighted by molar-refractivity contribution is 5.99. The third kappa shape index (κ3) is 6.20. The van der Waals surface area contributed by atoms with Crippen LogP contribution in [0.5, 0.6) is 0 Å². The van der Waals surface area contributed by atoms with Gasteiger partial charge in [0, 0.05) is 35.2 Å². The summed E-state index contributed by atoms with van der Waals surface area (Å²) in [6.45, 7) is 0. The maximum Gasteiger partial charge on any atom is 0.0540 e. The maximum atomic E-state index is 2.37. The molecule has 0 fully saturated rings. The fourth-order valence-corrected chi connectivity index (χ4v) is 6.62. The molecule has 49 heavy (non-hydrogen) atoms. The number of nitrogens with zero attached hydrogens (tertiary/aromatic N) is 2. The average Bonchev–Trinajstić information content (AvgIpc) is 3.19. The first kappa shape index (κ1) is 30.0. The van der Waals surface area contributed by atoms with E-state index in [1.165, 1.54) is 44.2 Å². The van der Waals surface area contributed by atoms with Crippen LogP contribution < -0.4 is 9.80 Å². The molecule has 0 radical (unpaired) electrons. The molecule has 0 saturated carbocycles. The van der Waals surface area contributed by atoms with Crippen molar-refractivity contribution in [3.05, 3.63) is 200 Å². The van der Waals surface area contributed by atoms with Crippen LogP contribution in [-0.4, -0.2) is 7.05 Å². The first-order valence-electron chi connectivity index (χ1n) is 16.7. The molecular weight excluding hydrogens is 593 g/mol. The fraction of sp³-hybridized carbons (Fsp3) is 0.0213. The minimum Gasteiger partial charge on any atom is -0.345 e. The summed E-state index contributed by atoms with van der Waals surface area (Å²) in [5.74, 6) is 0. The number of benzene rings is 8. The van der Waals surface area contributed by atoms with E-state index in [1.54, 1.807) is 0 Å². The molecule has 0 amide bonds. The number of hydrogen-bond donors (Lipinski definition) is 0. The first-order valence-corrected chi connectivity index (χ1v) is 16.7. The second-order valence-corrected chi connectivity index (χ2v) is 12.3. The molecule has 0 aliphatic rings. The van der Waals surface area contributed by atoms with E-state index in [-0.39, 0.29) is 0 Å². The van der Waals surface area contributed by atoms with E-state index in [0.29, 0.717) is 0 Å². The van der Waals surface area contributed by atoms with Crippen molar-refractivity contribution in [2.75, 3.05) is 16.8 Å². The first-order chi connectivity index (χ1) is 24.2. The Labute approximate surface area is 288 Å². The number of rotatable bonds is 8. The van der Waals surface area contributed by atoms with Gasteiger partial charge in [-0.2, -0.15) is 0 Å². The Morgan fingerprint density at radius 1 is 0.306 bits per heavy atom. The molecule has 8 aromatic rings. The SMILES string of the molecule is CN(c1ccc(-c2ccccc2)cc1)c1ccc(-c2ccc(N(c3cccc(-c4ccccc4)c3)c3cccc4ccccc34)cc2)cc1. The van der Waals surface area contributed by atoms with Crippen molar-refractivity contribution in [1.29, 1.82) is 0 Å². The van der Waals surface area contributed by atoms with E-state index in [1.807, 2.05) is 0 Å². The largest absolute Gasteiger partial charge is 0.345 e. The third-order valence-corrected chi connectivity index (χ3v) is 9.29. The standard InChI is InChI=1S/C47H36N2/c1-48(42-28-22-37(23-29-42)35-12-4-2-5-13-35)43-30-24-38(25-31-43)39-26-32-44(33-27-39)49(47-21-11-17-40-16-8-9-20-46(40)47)45-19-10-18-41(34-45)36-14-6-3-7-15-36/h2-34H,1H3. The normalized spacial score (nSPS) is 11.0. The van der Waals surface area contributed by atoms with E-state index >= 15 is 0 Å². The highest BCUT2D eigenvalue weighted by Gasteiger charge is 2.16. The van der Waals surface area contributed by atoms with E-state index in [9.17, 15) is 0 Å². The van der Waals surface area contributed by atoms with Crippen LogP contribution in [0, 0.1) is 0 Å². The number of fused-ring (bicyclic) bond motifs is 1. The van der Waals surface area contributed by atoms with Crippen LogP contribution >= 0.6 is 0 Å².